The first-order chi connectivity index (χ1) is 9.24. The van der Waals surface area contributed by atoms with Crippen LogP contribution in [0.25, 0.3) is 0 Å². The fourth-order valence-corrected chi connectivity index (χ4v) is 2.29. The minimum Gasteiger partial charge on any atom is -0.497 e. The van der Waals surface area contributed by atoms with Crippen LogP contribution in [0.3, 0.4) is 0 Å². The van der Waals surface area contributed by atoms with Crippen LogP contribution >= 0.6 is 0 Å². The van der Waals surface area contributed by atoms with Crippen LogP contribution in [0, 0.1) is 0 Å². The number of rotatable bonds is 5. The van der Waals surface area contributed by atoms with Gasteiger partial charge in [0.2, 0.25) is 0 Å². The number of ether oxygens (including phenoxy) is 3. The van der Waals surface area contributed by atoms with Crippen LogP contribution in [0.15, 0.2) is 18.2 Å². The first kappa shape index (κ1) is 14.1. The van der Waals surface area contributed by atoms with Crippen molar-refractivity contribution >= 4 is 0 Å². The molecule has 1 aliphatic rings. The van der Waals surface area contributed by atoms with Crippen LogP contribution in [0.1, 0.15) is 11.6 Å². The molecule has 2 rings (SSSR count). The Kier molecular flexibility index (Phi) is 5.01. The highest BCUT2D eigenvalue weighted by molar-refractivity contribution is 5.42. The summed E-state index contributed by atoms with van der Waals surface area (Å²) in [5.41, 5.74) is 7.30. The van der Waals surface area contributed by atoms with Crippen LogP contribution < -0.4 is 15.2 Å². The van der Waals surface area contributed by atoms with Gasteiger partial charge in [-0.2, -0.15) is 0 Å². The quantitative estimate of drug-likeness (QED) is 0.863. The number of nitrogens with zero attached hydrogens (tertiary/aromatic N) is 1. The van der Waals surface area contributed by atoms with E-state index in [0.29, 0.717) is 0 Å². The van der Waals surface area contributed by atoms with Crippen LogP contribution in [0.4, 0.5) is 0 Å². The molecule has 0 bridgehead atoms. The van der Waals surface area contributed by atoms with Crippen molar-refractivity contribution in [1.29, 1.82) is 0 Å². The van der Waals surface area contributed by atoms with E-state index < -0.39 is 0 Å². The molecule has 1 saturated heterocycles. The summed E-state index contributed by atoms with van der Waals surface area (Å²) in [6.07, 6.45) is 0. The number of benzene rings is 1. The molecule has 5 nitrogen and oxygen atoms in total. The van der Waals surface area contributed by atoms with Crippen molar-refractivity contribution < 1.29 is 14.2 Å². The molecule has 0 spiro atoms. The highest BCUT2D eigenvalue weighted by Gasteiger charge is 2.18. The van der Waals surface area contributed by atoms with E-state index >= 15 is 0 Å². The molecule has 1 heterocycles. The van der Waals surface area contributed by atoms with E-state index in [1.807, 2.05) is 18.2 Å². The summed E-state index contributed by atoms with van der Waals surface area (Å²) in [5, 5.41) is 0. The standard InChI is InChI=1S/C14H22N2O3/c1-17-11-3-4-12(14(9-11)18-2)13(15)10-16-5-7-19-8-6-16/h3-4,9,13H,5-8,10,15H2,1-2H3. The maximum atomic E-state index is 6.29. The lowest BCUT2D eigenvalue weighted by Crippen LogP contribution is -2.40. The lowest BCUT2D eigenvalue weighted by atomic mass is 10.1. The van der Waals surface area contributed by atoms with Crippen molar-refractivity contribution in [3.05, 3.63) is 23.8 Å². The minimum atomic E-state index is -0.0704. The molecule has 1 aliphatic heterocycles. The van der Waals surface area contributed by atoms with Gasteiger partial charge in [0.15, 0.2) is 0 Å². The zero-order valence-corrected chi connectivity index (χ0v) is 11.6. The van der Waals surface area contributed by atoms with Crippen molar-refractivity contribution in [3.63, 3.8) is 0 Å². The van der Waals surface area contributed by atoms with Gasteiger partial charge in [-0.1, -0.05) is 6.07 Å². The SMILES string of the molecule is COc1ccc(C(N)CN2CCOCC2)c(OC)c1. The normalized spacial score (nSPS) is 18.1. The third kappa shape index (κ3) is 3.59. The predicted molar refractivity (Wildman–Crippen MR) is 73.7 cm³/mol. The van der Waals surface area contributed by atoms with Gasteiger partial charge >= 0.3 is 0 Å². The number of hydrogen-bond acceptors (Lipinski definition) is 5. The van der Waals surface area contributed by atoms with Gasteiger partial charge < -0.3 is 19.9 Å². The summed E-state index contributed by atoms with van der Waals surface area (Å²) in [6.45, 7) is 4.25. The fourth-order valence-electron chi connectivity index (χ4n) is 2.29. The van der Waals surface area contributed by atoms with Crippen molar-refractivity contribution in [1.82, 2.24) is 4.90 Å². The average molecular weight is 266 g/mol. The van der Waals surface area contributed by atoms with Crippen molar-refractivity contribution in [2.75, 3.05) is 47.1 Å². The van der Waals surface area contributed by atoms with Crippen LogP contribution in [0.5, 0.6) is 11.5 Å². The lowest BCUT2D eigenvalue weighted by molar-refractivity contribution is 0.0351. The maximum absolute atomic E-state index is 6.29. The highest BCUT2D eigenvalue weighted by Crippen LogP contribution is 2.28. The molecule has 0 aromatic heterocycles. The Bertz CT molecular complexity index is 406. The second kappa shape index (κ2) is 6.75. The molecule has 1 unspecified atom stereocenters. The van der Waals surface area contributed by atoms with Gasteiger partial charge in [-0.3, -0.25) is 4.90 Å². The topological polar surface area (TPSA) is 57.0 Å². The molecule has 106 valence electrons. The van der Waals surface area contributed by atoms with Crippen LogP contribution in [-0.4, -0.2) is 52.0 Å². The van der Waals surface area contributed by atoms with Crippen molar-refractivity contribution in [2.45, 2.75) is 6.04 Å². The van der Waals surface area contributed by atoms with Crippen LogP contribution in [-0.2, 0) is 4.74 Å². The molecular weight excluding hydrogens is 244 g/mol. The Labute approximate surface area is 114 Å². The van der Waals surface area contributed by atoms with Gasteiger partial charge in [-0.15, -0.1) is 0 Å². The van der Waals surface area contributed by atoms with Gasteiger partial charge in [-0.25, -0.2) is 0 Å². The predicted octanol–water partition coefficient (Wildman–Crippen LogP) is 1.04. The Morgan fingerprint density at radius 2 is 2.00 bits per heavy atom. The molecular formula is C14H22N2O3. The Morgan fingerprint density at radius 3 is 2.63 bits per heavy atom. The Morgan fingerprint density at radius 1 is 1.26 bits per heavy atom. The third-order valence-electron chi connectivity index (χ3n) is 3.40. The molecule has 1 aromatic rings. The molecule has 19 heavy (non-hydrogen) atoms. The Hall–Kier alpha value is -1.30. The Balaban J connectivity index is 2.06. The largest absolute Gasteiger partial charge is 0.497 e. The second-order valence-corrected chi connectivity index (χ2v) is 4.63. The monoisotopic (exact) mass is 266 g/mol. The summed E-state index contributed by atoms with van der Waals surface area (Å²) in [6, 6.07) is 5.69. The average Bonchev–Trinajstić information content (AvgIpc) is 2.47. The summed E-state index contributed by atoms with van der Waals surface area (Å²) >= 11 is 0. The van der Waals surface area contributed by atoms with Gasteiger partial charge in [-0.05, 0) is 6.07 Å². The summed E-state index contributed by atoms with van der Waals surface area (Å²) < 4.78 is 15.9. The van der Waals surface area contributed by atoms with Crippen molar-refractivity contribution in [3.8, 4) is 11.5 Å². The van der Waals surface area contributed by atoms with E-state index in [2.05, 4.69) is 4.90 Å². The number of nitrogens with two attached hydrogens (primary N) is 1. The van der Waals surface area contributed by atoms with E-state index in [0.717, 1.165) is 49.9 Å². The molecule has 2 N–H and O–H groups in total. The molecule has 0 radical (unpaired) electrons. The van der Waals surface area contributed by atoms with E-state index in [9.17, 15) is 0 Å². The third-order valence-corrected chi connectivity index (χ3v) is 3.40. The second-order valence-electron chi connectivity index (χ2n) is 4.63. The first-order valence-electron chi connectivity index (χ1n) is 6.52. The molecule has 1 atom stereocenters. The molecule has 1 aromatic carbocycles. The first-order valence-corrected chi connectivity index (χ1v) is 6.52. The summed E-state index contributed by atoms with van der Waals surface area (Å²) in [4.78, 5) is 2.32. The zero-order valence-electron chi connectivity index (χ0n) is 11.6. The molecule has 0 aliphatic carbocycles. The zero-order chi connectivity index (χ0) is 13.7. The maximum Gasteiger partial charge on any atom is 0.127 e. The lowest BCUT2D eigenvalue weighted by Gasteiger charge is -2.29. The number of methoxy groups -OCH3 is 2. The van der Waals surface area contributed by atoms with E-state index in [-0.39, 0.29) is 6.04 Å². The smallest absolute Gasteiger partial charge is 0.127 e. The molecule has 1 fully saturated rings. The van der Waals surface area contributed by atoms with E-state index in [1.54, 1.807) is 14.2 Å². The summed E-state index contributed by atoms with van der Waals surface area (Å²) in [5.74, 6) is 1.55. The van der Waals surface area contributed by atoms with Gasteiger partial charge in [0, 0.05) is 37.3 Å². The van der Waals surface area contributed by atoms with Crippen LogP contribution in [0.2, 0.25) is 0 Å². The minimum absolute atomic E-state index is 0.0704. The van der Waals surface area contributed by atoms with Gasteiger partial charge in [0.05, 0.1) is 27.4 Å². The molecule has 5 heteroatoms. The van der Waals surface area contributed by atoms with Gasteiger partial charge in [0.25, 0.3) is 0 Å². The number of morpholine rings is 1. The fraction of sp³-hybridized carbons (Fsp3) is 0.571. The molecule has 0 amide bonds. The molecule has 0 saturated carbocycles. The van der Waals surface area contributed by atoms with E-state index in [4.69, 9.17) is 19.9 Å². The van der Waals surface area contributed by atoms with Crippen molar-refractivity contribution in [2.24, 2.45) is 5.73 Å². The van der Waals surface area contributed by atoms with Gasteiger partial charge in [0.1, 0.15) is 11.5 Å². The van der Waals surface area contributed by atoms with E-state index in [1.165, 1.54) is 0 Å². The number of hydrogen-bond donors (Lipinski definition) is 1. The highest BCUT2D eigenvalue weighted by atomic mass is 16.5. The summed E-state index contributed by atoms with van der Waals surface area (Å²) in [7, 11) is 3.29.